The van der Waals surface area contributed by atoms with Crippen molar-refractivity contribution >= 4 is 0 Å². The van der Waals surface area contributed by atoms with Crippen LogP contribution < -0.4 is 11.3 Å². The number of ether oxygens (including phenoxy) is 1. The van der Waals surface area contributed by atoms with Gasteiger partial charge in [0, 0.05) is 7.11 Å². The van der Waals surface area contributed by atoms with Crippen LogP contribution in [0.25, 0.3) is 0 Å². The van der Waals surface area contributed by atoms with Gasteiger partial charge in [0.05, 0.1) is 11.6 Å². The molecule has 0 aliphatic heterocycles. The van der Waals surface area contributed by atoms with Crippen molar-refractivity contribution < 1.29 is 9.13 Å². The Morgan fingerprint density at radius 2 is 2.11 bits per heavy atom. The van der Waals surface area contributed by atoms with Gasteiger partial charge in [0.1, 0.15) is 5.82 Å². The van der Waals surface area contributed by atoms with Gasteiger partial charge in [0.15, 0.2) is 0 Å². The van der Waals surface area contributed by atoms with Gasteiger partial charge in [-0.1, -0.05) is 18.9 Å². The Kier molecular flexibility index (Phi) is 4.55. The summed E-state index contributed by atoms with van der Waals surface area (Å²) in [6, 6.07) is 4.91. The average Bonchev–Trinajstić information content (AvgIpc) is 2.89. The van der Waals surface area contributed by atoms with Crippen molar-refractivity contribution in [2.24, 2.45) is 5.84 Å². The van der Waals surface area contributed by atoms with Gasteiger partial charge >= 0.3 is 0 Å². The Morgan fingerprint density at radius 3 is 2.68 bits per heavy atom. The quantitative estimate of drug-likeness (QED) is 0.636. The lowest BCUT2D eigenvalue weighted by atomic mass is 9.86. The van der Waals surface area contributed by atoms with Gasteiger partial charge < -0.3 is 4.74 Å². The van der Waals surface area contributed by atoms with E-state index >= 15 is 0 Å². The number of nitrogens with two attached hydrogens (primary N) is 1. The smallest absolute Gasteiger partial charge is 0.123 e. The second-order valence-corrected chi connectivity index (χ2v) is 5.47. The molecular weight excluding hydrogens is 243 g/mol. The molecule has 0 radical (unpaired) electrons. The average molecular weight is 266 g/mol. The lowest BCUT2D eigenvalue weighted by Crippen LogP contribution is -2.54. The molecular formula is C15H23FN2O. The molecule has 19 heavy (non-hydrogen) atoms. The maximum absolute atomic E-state index is 13.4. The van der Waals surface area contributed by atoms with E-state index in [0.717, 1.165) is 36.8 Å². The summed E-state index contributed by atoms with van der Waals surface area (Å²) in [7, 11) is 1.74. The van der Waals surface area contributed by atoms with Crippen molar-refractivity contribution in [1.82, 2.24) is 5.43 Å². The van der Waals surface area contributed by atoms with Crippen LogP contribution in [0.3, 0.4) is 0 Å². The molecule has 1 aliphatic carbocycles. The molecule has 2 rings (SSSR count). The van der Waals surface area contributed by atoms with Crippen LogP contribution in [0.5, 0.6) is 0 Å². The minimum atomic E-state index is -0.215. The van der Waals surface area contributed by atoms with Gasteiger partial charge in [0.25, 0.3) is 0 Å². The fourth-order valence-corrected chi connectivity index (χ4v) is 3.14. The molecule has 106 valence electrons. The number of halogens is 1. The summed E-state index contributed by atoms with van der Waals surface area (Å²) < 4.78 is 19.1. The van der Waals surface area contributed by atoms with Crippen LogP contribution in [-0.2, 0) is 11.2 Å². The molecule has 0 spiro atoms. The highest BCUT2D eigenvalue weighted by molar-refractivity contribution is 5.28. The second kappa shape index (κ2) is 5.99. The summed E-state index contributed by atoms with van der Waals surface area (Å²) in [5.74, 6) is 5.53. The number of benzene rings is 1. The topological polar surface area (TPSA) is 47.3 Å². The van der Waals surface area contributed by atoms with E-state index in [2.05, 4.69) is 5.43 Å². The molecule has 1 aromatic rings. The fraction of sp³-hybridized carbons (Fsp3) is 0.600. The van der Waals surface area contributed by atoms with Gasteiger partial charge in [-0.3, -0.25) is 11.3 Å². The zero-order valence-corrected chi connectivity index (χ0v) is 11.7. The molecule has 0 heterocycles. The highest BCUT2D eigenvalue weighted by Crippen LogP contribution is 2.36. The zero-order chi connectivity index (χ0) is 13.9. The minimum absolute atomic E-state index is 0.0144. The summed E-state index contributed by atoms with van der Waals surface area (Å²) in [6.07, 6.45) is 5.02. The Hall–Kier alpha value is -0.970. The number of methoxy groups -OCH3 is 1. The summed E-state index contributed by atoms with van der Waals surface area (Å²) in [4.78, 5) is 0. The molecule has 1 fully saturated rings. The van der Waals surface area contributed by atoms with Crippen molar-refractivity contribution in [3.8, 4) is 0 Å². The Morgan fingerprint density at radius 1 is 1.42 bits per heavy atom. The molecule has 1 saturated carbocycles. The molecule has 3 N–H and O–H groups in total. The molecule has 1 atom stereocenters. The number of hydrazine groups is 1. The van der Waals surface area contributed by atoms with Gasteiger partial charge in [0.2, 0.25) is 0 Å². The summed E-state index contributed by atoms with van der Waals surface area (Å²) in [6.45, 7) is 2.00. The second-order valence-electron chi connectivity index (χ2n) is 5.47. The number of nitrogens with one attached hydrogen (secondary N) is 1. The molecule has 3 nitrogen and oxygen atoms in total. The van der Waals surface area contributed by atoms with Crippen LogP contribution >= 0.6 is 0 Å². The van der Waals surface area contributed by atoms with E-state index in [9.17, 15) is 4.39 Å². The van der Waals surface area contributed by atoms with Crippen molar-refractivity contribution in [3.63, 3.8) is 0 Å². The van der Waals surface area contributed by atoms with Crippen molar-refractivity contribution in [2.75, 3.05) is 7.11 Å². The third-order valence-corrected chi connectivity index (χ3v) is 4.43. The maximum atomic E-state index is 13.4. The Bertz CT molecular complexity index is 430. The van der Waals surface area contributed by atoms with E-state index in [0.29, 0.717) is 6.42 Å². The molecule has 0 bridgehead atoms. The van der Waals surface area contributed by atoms with Crippen molar-refractivity contribution in [2.45, 2.75) is 50.7 Å². The van der Waals surface area contributed by atoms with E-state index < -0.39 is 0 Å². The van der Waals surface area contributed by atoms with E-state index in [4.69, 9.17) is 10.6 Å². The normalized spacial score (nSPS) is 19.6. The molecule has 4 heteroatoms. The van der Waals surface area contributed by atoms with Crippen molar-refractivity contribution in [1.29, 1.82) is 0 Å². The lowest BCUT2D eigenvalue weighted by molar-refractivity contribution is -0.0356. The largest absolute Gasteiger partial charge is 0.377 e. The zero-order valence-electron chi connectivity index (χ0n) is 11.7. The molecule has 1 aliphatic rings. The van der Waals surface area contributed by atoms with Gasteiger partial charge in [-0.05, 0) is 49.4 Å². The maximum Gasteiger partial charge on any atom is 0.123 e. The number of hydrogen-bond acceptors (Lipinski definition) is 3. The first kappa shape index (κ1) is 14.4. The minimum Gasteiger partial charge on any atom is -0.377 e. The molecule has 0 saturated heterocycles. The van der Waals surface area contributed by atoms with Crippen LogP contribution in [0, 0.1) is 12.7 Å². The lowest BCUT2D eigenvalue weighted by Gasteiger charge is -2.36. The van der Waals surface area contributed by atoms with Gasteiger partial charge in [-0.15, -0.1) is 0 Å². The molecule has 0 amide bonds. The first-order valence-electron chi connectivity index (χ1n) is 6.87. The molecule has 1 aromatic carbocycles. The Labute approximate surface area is 114 Å². The molecule has 1 unspecified atom stereocenters. The van der Waals surface area contributed by atoms with E-state index in [-0.39, 0.29) is 17.5 Å². The predicted molar refractivity (Wildman–Crippen MR) is 74.2 cm³/mol. The van der Waals surface area contributed by atoms with Crippen LogP contribution in [0.15, 0.2) is 18.2 Å². The summed E-state index contributed by atoms with van der Waals surface area (Å²) in [5, 5.41) is 0. The first-order chi connectivity index (χ1) is 9.11. The van der Waals surface area contributed by atoms with Crippen LogP contribution in [-0.4, -0.2) is 18.8 Å². The third-order valence-electron chi connectivity index (χ3n) is 4.43. The standard InChI is InChI=1S/C15H23FN2O/c1-11-5-6-13(16)9-12(11)10-14(18-17)15(19-2)7-3-4-8-15/h5-6,9,14,18H,3-4,7-8,10,17H2,1-2H3. The summed E-state index contributed by atoms with van der Waals surface area (Å²) >= 11 is 0. The SMILES string of the molecule is COC1(C(Cc2cc(F)ccc2C)NN)CCCC1. The number of aryl methyl sites for hydroxylation is 1. The monoisotopic (exact) mass is 266 g/mol. The molecule has 0 aromatic heterocycles. The Balaban J connectivity index is 2.21. The van der Waals surface area contributed by atoms with E-state index in [1.54, 1.807) is 13.2 Å². The summed E-state index contributed by atoms with van der Waals surface area (Å²) in [5.41, 5.74) is 4.75. The van der Waals surface area contributed by atoms with Crippen LogP contribution in [0.4, 0.5) is 4.39 Å². The van der Waals surface area contributed by atoms with E-state index in [1.165, 1.54) is 6.07 Å². The first-order valence-corrected chi connectivity index (χ1v) is 6.87. The van der Waals surface area contributed by atoms with Crippen LogP contribution in [0.2, 0.25) is 0 Å². The van der Waals surface area contributed by atoms with Crippen LogP contribution in [0.1, 0.15) is 36.8 Å². The fourth-order valence-electron chi connectivity index (χ4n) is 3.14. The van der Waals surface area contributed by atoms with Gasteiger partial charge in [-0.2, -0.15) is 0 Å². The number of rotatable bonds is 5. The van der Waals surface area contributed by atoms with Crippen molar-refractivity contribution in [3.05, 3.63) is 35.1 Å². The third kappa shape index (κ3) is 2.96. The highest BCUT2D eigenvalue weighted by Gasteiger charge is 2.41. The predicted octanol–water partition coefficient (Wildman–Crippen LogP) is 2.47. The number of hydrogen-bond donors (Lipinski definition) is 2. The highest BCUT2D eigenvalue weighted by atomic mass is 19.1. The van der Waals surface area contributed by atoms with E-state index in [1.807, 2.05) is 13.0 Å². The van der Waals surface area contributed by atoms with Gasteiger partial charge in [-0.25, -0.2) is 4.39 Å².